The zero-order chi connectivity index (χ0) is 21.4. The van der Waals surface area contributed by atoms with Gasteiger partial charge in [-0.2, -0.15) is 0 Å². The summed E-state index contributed by atoms with van der Waals surface area (Å²) in [6, 6.07) is 12.1. The van der Waals surface area contributed by atoms with E-state index in [1.807, 2.05) is 24.3 Å². The minimum atomic E-state index is -1.25. The topological polar surface area (TPSA) is 78.5 Å². The molecular weight excluding hydrogens is 373 g/mol. The molecule has 1 aliphatic rings. The number of nitrogens with zero attached hydrogens (tertiary/aromatic N) is 1. The van der Waals surface area contributed by atoms with Crippen LogP contribution in [0.1, 0.15) is 38.8 Å². The fraction of sp³-hybridized carbons (Fsp3) is 0.318. The molecule has 1 heterocycles. The number of benzene rings is 2. The monoisotopic (exact) mass is 397 g/mol. The van der Waals surface area contributed by atoms with Crippen molar-refractivity contribution < 1.29 is 18.8 Å². The van der Waals surface area contributed by atoms with Gasteiger partial charge in [-0.1, -0.05) is 45.0 Å². The van der Waals surface area contributed by atoms with Crippen molar-refractivity contribution in [1.82, 2.24) is 10.2 Å². The lowest BCUT2D eigenvalue weighted by Crippen LogP contribution is -2.42. The molecule has 0 aliphatic carbocycles. The molecule has 1 atom stereocenters. The molecule has 6 nitrogen and oxygen atoms in total. The van der Waals surface area contributed by atoms with E-state index < -0.39 is 35.7 Å². The number of anilines is 1. The number of carbonyl (C=O) groups is 3. The number of halogens is 1. The first kappa shape index (κ1) is 20.5. The first-order valence-corrected chi connectivity index (χ1v) is 9.31. The van der Waals surface area contributed by atoms with Gasteiger partial charge >= 0.3 is 6.03 Å². The predicted octanol–water partition coefficient (Wildman–Crippen LogP) is 3.53. The van der Waals surface area contributed by atoms with Gasteiger partial charge in [-0.3, -0.25) is 14.5 Å². The Morgan fingerprint density at radius 3 is 2.21 bits per heavy atom. The van der Waals surface area contributed by atoms with Crippen molar-refractivity contribution in [3.8, 4) is 0 Å². The van der Waals surface area contributed by atoms with E-state index in [9.17, 15) is 18.8 Å². The quantitative estimate of drug-likeness (QED) is 0.775. The number of nitrogens with one attached hydrogen (secondary N) is 2. The fourth-order valence-corrected chi connectivity index (χ4v) is 3.22. The summed E-state index contributed by atoms with van der Waals surface area (Å²) in [5.74, 6) is -1.47. The van der Waals surface area contributed by atoms with Crippen molar-refractivity contribution in [2.24, 2.45) is 0 Å². The maximum atomic E-state index is 13.0. The van der Waals surface area contributed by atoms with Gasteiger partial charge in [0.2, 0.25) is 5.91 Å². The van der Waals surface area contributed by atoms with Gasteiger partial charge in [-0.25, -0.2) is 9.18 Å². The van der Waals surface area contributed by atoms with E-state index >= 15 is 0 Å². The summed E-state index contributed by atoms with van der Waals surface area (Å²) in [6.07, 6.45) is 0. The summed E-state index contributed by atoms with van der Waals surface area (Å²) in [5, 5.41) is 5.24. The standard InChI is InChI=1S/C22H24FN3O3/c1-21(2,3)14-5-7-15(8-6-14)22(4)19(28)26(20(29)25-22)13-18(27)24-17-11-9-16(23)10-12-17/h5-12H,13H2,1-4H3,(H,24,27)(H,25,29)/t22-/m1/s1. The number of imide groups is 1. The van der Waals surface area contributed by atoms with Crippen LogP contribution in [0.5, 0.6) is 0 Å². The summed E-state index contributed by atoms with van der Waals surface area (Å²) >= 11 is 0. The van der Waals surface area contributed by atoms with Gasteiger partial charge in [-0.05, 0) is 47.7 Å². The second-order valence-corrected chi connectivity index (χ2v) is 8.33. The number of hydrogen-bond donors (Lipinski definition) is 2. The van der Waals surface area contributed by atoms with Gasteiger partial charge in [0, 0.05) is 5.69 Å². The van der Waals surface area contributed by atoms with Crippen LogP contribution in [0.15, 0.2) is 48.5 Å². The number of hydrogen-bond acceptors (Lipinski definition) is 3. The highest BCUT2D eigenvalue weighted by molar-refractivity contribution is 6.10. The molecule has 2 aromatic rings. The minimum Gasteiger partial charge on any atom is -0.325 e. The van der Waals surface area contributed by atoms with Crippen molar-refractivity contribution in [1.29, 1.82) is 0 Å². The third kappa shape index (κ3) is 4.13. The van der Waals surface area contributed by atoms with Gasteiger partial charge in [-0.15, -0.1) is 0 Å². The molecule has 4 amide bonds. The largest absolute Gasteiger partial charge is 0.325 e. The molecule has 0 bridgehead atoms. The average molecular weight is 397 g/mol. The molecule has 2 aromatic carbocycles. The van der Waals surface area contributed by atoms with E-state index in [1.54, 1.807) is 6.92 Å². The van der Waals surface area contributed by atoms with E-state index in [-0.39, 0.29) is 5.41 Å². The normalized spacial score (nSPS) is 19.3. The van der Waals surface area contributed by atoms with Crippen LogP contribution in [0, 0.1) is 5.82 Å². The van der Waals surface area contributed by atoms with Crippen molar-refractivity contribution in [3.05, 3.63) is 65.5 Å². The van der Waals surface area contributed by atoms with Crippen molar-refractivity contribution in [2.45, 2.75) is 38.6 Å². The molecule has 0 aromatic heterocycles. The highest BCUT2D eigenvalue weighted by Crippen LogP contribution is 2.31. The van der Waals surface area contributed by atoms with E-state index in [4.69, 9.17) is 0 Å². The number of amides is 4. The Labute approximate surface area is 169 Å². The third-order valence-electron chi connectivity index (χ3n) is 5.03. The number of carbonyl (C=O) groups excluding carboxylic acids is 3. The Balaban J connectivity index is 1.74. The van der Waals surface area contributed by atoms with Crippen LogP contribution in [0.2, 0.25) is 0 Å². The number of urea groups is 1. The second kappa shape index (κ2) is 7.31. The van der Waals surface area contributed by atoms with Crippen LogP contribution in [0.4, 0.5) is 14.9 Å². The van der Waals surface area contributed by atoms with Crippen LogP contribution < -0.4 is 10.6 Å². The molecular formula is C22H24FN3O3. The lowest BCUT2D eigenvalue weighted by molar-refractivity contribution is -0.133. The molecule has 2 N–H and O–H groups in total. The van der Waals surface area contributed by atoms with Crippen LogP contribution in [0.25, 0.3) is 0 Å². The van der Waals surface area contributed by atoms with Gasteiger partial charge < -0.3 is 10.6 Å². The number of rotatable bonds is 4. The predicted molar refractivity (Wildman–Crippen MR) is 108 cm³/mol. The lowest BCUT2D eigenvalue weighted by atomic mass is 9.84. The SMILES string of the molecule is CC(C)(C)c1ccc([C@@]2(C)NC(=O)N(CC(=O)Nc3ccc(F)cc3)C2=O)cc1. The molecule has 29 heavy (non-hydrogen) atoms. The average Bonchev–Trinajstić information content (AvgIpc) is 2.87. The molecule has 0 spiro atoms. The summed E-state index contributed by atoms with van der Waals surface area (Å²) in [7, 11) is 0. The zero-order valence-electron chi connectivity index (χ0n) is 16.9. The zero-order valence-corrected chi connectivity index (χ0v) is 16.9. The van der Waals surface area contributed by atoms with E-state index in [0.717, 1.165) is 10.5 Å². The second-order valence-electron chi connectivity index (χ2n) is 8.33. The van der Waals surface area contributed by atoms with E-state index in [2.05, 4.69) is 31.4 Å². The van der Waals surface area contributed by atoms with Gasteiger partial charge in [0.25, 0.3) is 5.91 Å². The minimum absolute atomic E-state index is 0.0349. The Morgan fingerprint density at radius 1 is 1.07 bits per heavy atom. The third-order valence-corrected chi connectivity index (χ3v) is 5.03. The molecule has 1 fully saturated rings. The van der Waals surface area contributed by atoms with Crippen LogP contribution in [0.3, 0.4) is 0 Å². The Bertz CT molecular complexity index is 949. The lowest BCUT2D eigenvalue weighted by Gasteiger charge is -2.24. The Hall–Kier alpha value is -3.22. The smallest absolute Gasteiger partial charge is 0.325 e. The first-order valence-electron chi connectivity index (χ1n) is 9.31. The maximum absolute atomic E-state index is 13.0. The van der Waals surface area contributed by atoms with Crippen molar-refractivity contribution >= 4 is 23.5 Å². The fourth-order valence-electron chi connectivity index (χ4n) is 3.22. The molecule has 7 heteroatoms. The highest BCUT2D eigenvalue weighted by Gasteiger charge is 2.49. The van der Waals surface area contributed by atoms with Crippen LogP contribution >= 0.6 is 0 Å². The molecule has 0 radical (unpaired) electrons. The summed E-state index contributed by atoms with van der Waals surface area (Å²) in [6.45, 7) is 7.46. The summed E-state index contributed by atoms with van der Waals surface area (Å²) in [5.41, 5.74) is 0.850. The molecule has 0 saturated carbocycles. The molecule has 1 saturated heterocycles. The summed E-state index contributed by atoms with van der Waals surface area (Å²) in [4.78, 5) is 38.5. The van der Waals surface area contributed by atoms with E-state index in [0.29, 0.717) is 11.3 Å². The van der Waals surface area contributed by atoms with Crippen LogP contribution in [-0.2, 0) is 20.5 Å². The van der Waals surface area contributed by atoms with Gasteiger partial charge in [0.05, 0.1) is 0 Å². The molecule has 3 rings (SSSR count). The molecule has 1 aliphatic heterocycles. The highest BCUT2D eigenvalue weighted by atomic mass is 19.1. The van der Waals surface area contributed by atoms with Gasteiger partial charge in [0.1, 0.15) is 17.9 Å². The maximum Gasteiger partial charge on any atom is 0.325 e. The Morgan fingerprint density at radius 2 is 1.66 bits per heavy atom. The van der Waals surface area contributed by atoms with Gasteiger partial charge in [0.15, 0.2) is 0 Å². The molecule has 152 valence electrons. The van der Waals surface area contributed by atoms with Crippen molar-refractivity contribution in [3.63, 3.8) is 0 Å². The van der Waals surface area contributed by atoms with E-state index in [1.165, 1.54) is 24.3 Å². The molecule has 0 unspecified atom stereocenters. The first-order chi connectivity index (χ1) is 13.5. The van der Waals surface area contributed by atoms with Crippen LogP contribution in [-0.4, -0.2) is 29.3 Å². The Kier molecular flexibility index (Phi) is 5.17. The van der Waals surface area contributed by atoms with Crippen molar-refractivity contribution in [2.75, 3.05) is 11.9 Å². The summed E-state index contributed by atoms with van der Waals surface area (Å²) < 4.78 is 13.0.